The van der Waals surface area contributed by atoms with E-state index in [0.29, 0.717) is 18.3 Å². The maximum Gasteiger partial charge on any atom is 0.227 e. The molecule has 0 aliphatic carbocycles. The summed E-state index contributed by atoms with van der Waals surface area (Å²) < 4.78 is 4.92. The lowest BCUT2D eigenvalue weighted by Gasteiger charge is -2.38. The summed E-state index contributed by atoms with van der Waals surface area (Å²) in [7, 11) is 2.15. The molecular weight excluding hydrogens is 330 g/mol. The molecule has 1 aromatic carbocycles. The van der Waals surface area contributed by atoms with E-state index in [9.17, 15) is 4.79 Å². The molecule has 1 aromatic heterocycles. The molecule has 7 heteroatoms. The summed E-state index contributed by atoms with van der Waals surface area (Å²) in [5, 5.41) is 6.83. The van der Waals surface area contributed by atoms with E-state index in [0.717, 1.165) is 26.2 Å². The van der Waals surface area contributed by atoms with Crippen LogP contribution in [-0.4, -0.2) is 65.6 Å². The Kier molecular flexibility index (Phi) is 6.00. The number of amides is 1. The van der Waals surface area contributed by atoms with E-state index >= 15 is 0 Å². The zero-order valence-corrected chi connectivity index (χ0v) is 15.7. The van der Waals surface area contributed by atoms with E-state index < -0.39 is 0 Å². The second-order valence-corrected chi connectivity index (χ2v) is 6.98. The number of nitrogens with one attached hydrogen (secondary N) is 1. The van der Waals surface area contributed by atoms with Gasteiger partial charge < -0.3 is 14.7 Å². The summed E-state index contributed by atoms with van der Waals surface area (Å²) >= 11 is 0. The second-order valence-electron chi connectivity index (χ2n) is 6.98. The second kappa shape index (κ2) is 8.42. The van der Waals surface area contributed by atoms with Crippen molar-refractivity contribution < 1.29 is 9.32 Å². The van der Waals surface area contributed by atoms with Crippen LogP contribution in [0.4, 0.5) is 0 Å². The Morgan fingerprint density at radius 3 is 2.50 bits per heavy atom. The van der Waals surface area contributed by atoms with Gasteiger partial charge in [0.15, 0.2) is 5.82 Å². The van der Waals surface area contributed by atoms with E-state index in [1.54, 1.807) is 6.92 Å². The summed E-state index contributed by atoms with van der Waals surface area (Å²) in [5.41, 5.74) is 2.47. The van der Waals surface area contributed by atoms with Crippen molar-refractivity contribution in [2.75, 3.05) is 39.8 Å². The predicted octanol–water partition coefficient (Wildman–Crippen LogP) is 1.33. The van der Waals surface area contributed by atoms with Crippen molar-refractivity contribution in [3.63, 3.8) is 0 Å². The summed E-state index contributed by atoms with van der Waals surface area (Å²) in [4.78, 5) is 21.2. The molecular formula is C19H27N5O2. The zero-order chi connectivity index (χ0) is 18.5. The summed E-state index contributed by atoms with van der Waals surface area (Å²) in [6.45, 7) is 8.45. The van der Waals surface area contributed by atoms with Gasteiger partial charge in [0.25, 0.3) is 0 Å². The van der Waals surface area contributed by atoms with Gasteiger partial charge in [0, 0.05) is 39.6 Å². The minimum atomic E-state index is -0.0861. The molecule has 7 nitrogen and oxygen atoms in total. The maximum absolute atomic E-state index is 12.3. The van der Waals surface area contributed by atoms with Gasteiger partial charge >= 0.3 is 0 Å². The summed E-state index contributed by atoms with van der Waals surface area (Å²) in [5.74, 6) is 0.811. The van der Waals surface area contributed by atoms with Crippen molar-refractivity contribution in [2.45, 2.75) is 26.3 Å². The average molecular weight is 357 g/mol. The lowest BCUT2D eigenvalue weighted by Crippen LogP contribution is -2.48. The van der Waals surface area contributed by atoms with E-state index in [4.69, 9.17) is 4.52 Å². The number of hydrogen-bond donors (Lipinski definition) is 1. The monoisotopic (exact) mass is 357 g/mol. The minimum Gasteiger partial charge on any atom is -0.354 e. The zero-order valence-electron chi connectivity index (χ0n) is 15.7. The lowest BCUT2D eigenvalue weighted by atomic mass is 10.0. The van der Waals surface area contributed by atoms with Crippen LogP contribution in [0.2, 0.25) is 0 Å². The molecule has 3 rings (SSSR count). The fourth-order valence-corrected chi connectivity index (χ4v) is 3.21. The standard InChI is InChI=1S/C19H27N5O2/c1-14-4-6-16(7-5-14)17(24-10-8-23(3)9-11-24)13-20-19(25)12-18-21-15(2)26-22-18/h4-7,17H,8-13H2,1-3H3,(H,20,25). The van der Waals surface area contributed by atoms with Crippen LogP contribution in [0, 0.1) is 13.8 Å². The fourth-order valence-electron chi connectivity index (χ4n) is 3.21. The summed E-state index contributed by atoms with van der Waals surface area (Å²) in [6, 6.07) is 8.74. The van der Waals surface area contributed by atoms with Gasteiger partial charge in [-0.3, -0.25) is 9.69 Å². The van der Waals surface area contributed by atoms with Gasteiger partial charge in [-0.25, -0.2) is 0 Å². The fraction of sp³-hybridized carbons (Fsp3) is 0.526. The molecule has 140 valence electrons. The van der Waals surface area contributed by atoms with Crippen LogP contribution >= 0.6 is 0 Å². The number of piperazine rings is 1. The molecule has 1 aliphatic rings. The van der Waals surface area contributed by atoms with Crippen molar-refractivity contribution in [2.24, 2.45) is 0 Å². The van der Waals surface area contributed by atoms with Gasteiger partial charge in [0.1, 0.15) is 0 Å². The first kappa shape index (κ1) is 18.5. The first-order valence-corrected chi connectivity index (χ1v) is 9.06. The van der Waals surface area contributed by atoms with Crippen LogP contribution in [0.25, 0.3) is 0 Å². The Morgan fingerprint density at radius 1 is 1.19 bits per heavy atom. The molecule has 0 spiro atoms. The number of carbonyl (C=O) groups is 1. The molecule has 1 unspecified atom stereocenters. The highest BCUT2D eigenvalue weighted by Gasteiger charge is 2.24. The van der Waals surface area contributed by atoms with Crippen molar-refractivity contribution in [1.29, 1.82) is 0 Å². The Morgan fingerprint density at radius 2 is 1.88 bits per heavy atom. The molecule has 1 fully saturated rings. The van der Waals surface area contributed by atoms with Gasteiger partial charge in [0.05, 0.1) is 12.5 Å². The van der Waals surface area contributed by atoms with Crippen LogP contribution in [0.1, 0.15) is 28.9 Å². The molecule has 1 amide bonds. The van der Waals surface area contributed by atoms with Crippen LogP contribution in [-0.2, 0) is 11.2 Å². The van der Waals surface area contributed by atoms with Crippen molar-refractivity contribution >= 4 is 5.91 Å². The van der Waals surface area contributed by atoms with E-state index in [2.05, 4.69) is 63.5 Å². The van der Waals surface area contributed by atoms with Crippen LogP contribution in [0.5, 0.6) is 0 Å². The topological polar surface area (TPSA) is 74.5 Å². The van der Waals surface area contributed by atoms with Crippen molar-refractivity contribution in [1.82, 2.24) is 25.3 Å². The molecule has 1 aliphatic heterocycles. The van der Waals surface area contributed by atoms with Gasteiger partial charge in [-0.05, 0) is 19.5 Å². The summed E-state index contributed by atoms with van der Waals surface area (Å²) in [6.07, 6.45) is 0.140. The van der Waals surface area contributed by atoms with Crippen LogP contribution < -0.4 is 5.32 Å². The molecule has 0 saturated carbocycles. The highest BCUT2D eigenvalue weighted by Crippen LogP contribution is 2.22. The molecule has 0 bridgehead atoms. The van der Waals surface area contributed by atoms with Gasteiger partial charge in [0.2, 0.25) is 11.8 Å². The molecule has 0 radical (unpaired) electrons. The molecule has 1 saturated heterocycles. The quantitative estimate of drug-likeness (QED) is 0.841. The minimum absolute atomic E-state index is 0.0861. The SMILES string of the molecule is Cc1ccc(C(CNC(=O)Cc2noc(C)n2)N2CCN(C)CC2)cc1. The third-order valence-corrected chi connectivity index (χ3v) is 4.82. The molecule has 2 heterocycles. The van der Waals surface area contributed by atoms with Gasteiger partial charge in [-0.15, -0.1) is 0 Å². The predicted molar refractivity (Wildman–Crippen MR) is 98.7 cm³/mol. The maximum atomic E-state index is 12.3. The average Bonchev–Trinajstić information content (AvgIpc) is 3.03. The molecule has 1 N–H and O–H groups in total. The van der Waals surface area contributed by atoms with Crippen molar-refractivity contribution in [3.05, 3.63) is 47.1 Å². The normalized spacial score (nSPS) is 17.2. The Labute approximate surface area is 154 Å². The van der Waals surface area contributed by atoms with Crippen molar-refractivity contribution in [3.8, 4) is 0 Å². The number of likely N-dealkylation sites (N-methyl/N-ethyl adjacent to an activating group) is 1. The van der Waals surface area contributed by atoms with Crippen LogP contribution in [0.3, 0.4) is 0 Å². The number of aryl methyl sites for hydroxylation is 2. The Balaban J connectivity index is 1.65. The molecule has 2 aromatic rings. The molecule has 26 heavy (non-hydrogen) atoms. The first-order chi connectivity index (χ1) is 12.5. The number of nitrogens with zero attached hydrogens (tertiary/aromatic N) is 4. The third-order valence-electron chi connectivity index (χ3n) is 4.82. The largest absolute Gasteiger partial charge is 0.354 e. The molecule has 1 atom stereocenters. The van der Waals surface area contributed by atoms with Gasteiger partial charge in [-0.2, -0.15) is 4.98 Å². The highest BCUT2D eigenvalue weighted by molar-refractivity contribution is 5.77. The van der Waals surface area contributed by atoms with Gasteiger partial charge in [-0.1, -0.05) is 35.0 Å². The number of carbonyl (C=O) groups excluding carboxylic acids is 1. The first-order valence-electron chi connectivity index (χ1n) is 9.06. The smallest absolute Gasteiger partial charge is 0.227 e. The third kappa shape index (κ3) is 4.89. The number of aromatic nitrogens is 2. The Bertz CT molecular complexity index is 720. The highest BCUT2D eigenvalue weighted by atomic mass is 16.5. The number of benzene rings is 1. The van der Waals surface area contributed by atoms with E-state index in [-0.39, 0.29) is 18.4 Å². The van der Waals surface area contributed by atoms with E-state index in [1.165, 1.54) is 11.1 Å². The van der Waals surface area contributed by atoms with Crippen LogP contribution in [0.15, 0.2) is 28.8 Å². The number of rotatable bonds is 6. The Hall–Kier alpha value is -2.25. The lowest BCUT2D eigenvalue weighted by molar-refractivity contribution is -0.120. The van der Waals surface area contributed by atoms with E-state index in [1.807, 2.05) is 0 Å². The number of hydrogen-bond acceptors (Lipinski definition) is 6.